The van der Waals surface area contributed by atoms with Crippen LogP contribution in [-0.2, 0) is 17.1 Å². The van der Waals surface area contributed by atoms with E-state index in [0.717, 1.165) is 0 Å². The highest BCUT2D eigenvalue weighted by atomic mass is 79.9. The molecule has 1 aromatic heterocycles. The van der Waals surface area contributed by atoms with Crippen LogP contribution in [0.1, 0.15) is 13.8 Å². The standard InChI is InChI=1S/C7H13BrN4O2S/c1-5(2)4-9-15(13,14)7-6(8)10-11-12(7)3/h5,9H,4H2,1-3H3. The normalized spacial score (nSPS) is 12.3. The first kappa shape index (κ1) is 12.6. The molecule has 0 spiro atoms. The zero-order valence-electron chi connectivity index (χ0n) is 8.73. The fourth-order valence-electron chi connectivity index (χ4n) is 0.953. The summed E-state index contributed by atoms with van der Waals surface area (Å²) >= 11 is 3.05. The number of hydrogen-bond acceptors (Lipinski definition) is 4. The molecule has 1 rings (SSSR count). The van der Waals surface area contributed by atoms with Crippen LogP contribution in [0.5, 0.6) is 0 Å². The molecule has 6 nitrogen and oxygen atoms in total. The summed E-state index contributed by atoms with van der Waals surface area (Å²) in [6.45, 7) is 4.25. The zero-order chi connectivity index (χ0) is 11.6. The van der Waals surface area contributed by atoms with Crippen molar-refractivity contribution in [3.8, 4) is 0 Å². The summed E-state index contributed by atoms with van der Waals surface area (Å²) in [5, 5.41) is 7.27. The molecule has 0 aromatic carbocycles. The molecule has 0 bridgehead atoms. The first-order valence-electron chi connectivity index (χ1n) is 4.39. The van der Waals surface area contributed by atoms with Crippen LogP contribution < -0.4 is 4.72 Å². The van der Waals surface area contributed by atoms with Gasteiger partial charge in [0.05, 0.1) is 0 Å². The molecule has 0 aliphatic carbocycles. The van der Waals surface area contributed by atoms with Gasteiger partial charge in [-0.05, 0) is 21.8 Å². The number of aromatic nitrogens is 3. The Hall–Kier alpha value is -0.470. The molecule has 8 heteroatoms. The van der Waals surface area contributed by atoms with E-state index in [-0.39, 0.29) is 15.5 Å². The minimum absolute atomic E-state index is 0.0446. The van der Waals surface area contributed by atoms with E-state index in [2.05, 4.69) is 31.0 Å². The third kappa shape index (κ3) is 2.99. The summed E-state index contributed by atoms with van der Waals surface area (Å²) in [6, 6.07) is 0. The van der Waals surface area contributed by atoms with Gasteiger partial charge >= 0.3 is 0 Å². The monoisotopic (exact) mass is 296 g/mol. The van der Waals surface area contributed by atoms with Crippen LogP contribution >= 0.6 is 15.9 Å². The van der Waals surface area contributed by atoms with Crippen molar-refractivity contribution in [3.05, 3.63) is 4.60 Å². The molecule has 0 saturated heterocycles. The average molecular weight is 297 g/mol. The summed E-state index contributed by atoms with van der Waals surface area (Å²) in [5.74, 6) is 0.250. The summed E-state index contributed by atoms with van der Waals surface area (Å²) in [6.07, 6.45) is 0. The van der Waals surface area contributed by atoms with Gasteiger partial charge in [0.25, 0.3) is 10.0 Å². The molecule has 0 fully saturated rings. The number of nitrogens with zero attached hydrogens (tertiary/aromatic N) is 3. The van der Waals surface area contributed by atoms with Crippen LogP contribution in [0.25, 0.3) is 0 Å². The fourth-order valence-corrected chi connectivity index (χ4v) is 3.26. The second kappa shape index (κ2) is 4.58. The number of aryl methyl sites for hydroxylation is 1. The molecule has 1 heterocycles. The number of sulfonamides is 1. The Balaban J connectivity index is 2.96. The van der Waals surface area contributed by atoms with Crippen LogP contribution in [0.2, 0.25) is 0 Å². The molecular formula is C7H13BrN4O2S. The van der Waals surface area contributed by atoms with Gasteiger partial charge in [-0.2, -0.15) is 0 Å². The largest absolute Gasteiger partial charge is 0.260 e. The smallest absolute Gasteiger partial charge is 0.235 e. The Morgan fingerprint density at radius 1 is 1.53 bits per heavy atom. The van der Waals surface area contributed by atoms with E-state index < -0.39 is 10.0 Å². The van der Waals surface area contributed by atoms with Crippen molar-refractivity contribution in [2.24, 2.45) is 13.0 Å². The lowest BCUT2D eigenvalue weighted by atomic mass is 10.2. The van der Waals surface area contributed by atoms with Crippen LogP contribution in [0, 0.1) is 5.92 Å². The van der Waals surface area contributed by atoms with E-state index in [1.807, 2.05) is 13.8 Å². The van der Waals surface area contributed by atoms with Crippen LogP contribution in [0.4, 0.5) is 0 Å². The zero-order valence-corrected chi connectivity index (χ0v) is 11.1. The van der Waals surface area contributed by atoms with Crippen molar-refractivity contribution in [1.29, 1.82) is 0 Å². The predicted molar refractivity (Wildman–Crippen MR) is 58.7 cm³/mol. The van der Waals surface area contributed by atoms with Gasteiger partial charge in [-0.3, -0.25) is 0 Å². The lowest BCUT2D eigenvalue weighted by molar-refractivity contribution is 0.544. The summed E-state index contributed by atoms with van der Waals surface area (Å²) in [4.78, 5) is 0. The van der Waals surface area contributed by atoms with Gasteiger partial charge in [-0.1, -0.05) is 19.1 Å². The van der Waals surface area contributed by atoms with E-state index in [1.54, 1.807) is 0 Å². The van der Waals surface area contributed by atoms with Crippen molar-refractivity contribution in [3.63, 3.8) is 0 Å². The van der Waals surface area contributed by atoms with Gasteiger partial charge in [0.2, 0.25) is 5.03 Å². The highest BCUT2D eigenvalue weighted by Crippen LogP contribution is 2.17. The van der Waals surface area contributed by atoms with Gasteiger partial charge in [-0.15, -0.1) is 5.10 Å². The van der Waals surface area contributed by atoms with Gasteiger partial charge in [0, 0.05) is 13.6 Å². The molecular weight excluding hydrogens is 284 g/mol. The minimum Gasteiger partial charge on any atom is -0.235 e. The number of rotatable bonds is 4. The second-order valence-corrected chi connectivity index (χ2v) is 5.99. The minimum atomic E-state index is -3.53. The van der Waals surface area contributed by atoms with Gasteiger partial charge < -0.3 is 0 Å². The van der Waals surface area contributed by atoms with Crippen LogP contribution in [0.15, 0.2) is 9.63 Å². The van der Waals surface area contributed by atoms with Crippen molar-refractivity contribution >= 4 is 26.0 Å². The molecule has 0 saturated carbocycles. The van der Waals surface area contributed by atoms with E-state index in [9.17, 15) is 8.42 Å². The van der Waals surface area contributed by atoms with E-state index in [4.69, 9.17) is 0 Å². The van der Waals surface area contributed by atoms with Gasteiger partial charge in [-0.25, -0.2) is 17.8 Å². The number of nitrogens with one attached hydrogen (secondary N) is 1. The number of hydrogen-bond donors (Lipinski definition) is 1. The second-order valence-electron chi connectivity index (χ2n) is 3.55. The molecule has 0 atom stereocenters. The molecule has 0 radical (unpaired) electrons. The van der Waals surface area contributed by atoms with Crippen molar-refractivity contribution in [1.82, 2.24) is 19.7 Å². The van der Waals surface area contributed by atoms with Crippen LogP contribution in [-0.4, -0.2) is 30.0 Å². The summed E-state index contributed by atoms with van der Waals surface area (Å²) < 4.78 is 27.5. The molecule has 15 heavy (non-hydrogen) atoms. The van der Waals surface area contributed by atoms with Crippen LogP contribution in [0.3, 0.4) is 0 Å². The Kier molecular flexibility index (Phi) is 3.85. The Bertz CT molecular complexity index is 420. The Labute approximate surface area is 97.2 Å². The average Bonchev–Trinajstić information content (AvgIpc) is 2.43. The highest BCUT2D eigenvalue weighted by molar-refractivity contribution is 9.10. The van der Waals surface area contributed by atoms with E-state index in [0.29, 0.717) is 6.54 Å². The predicted octanol–water partition coefficient (Wildman–Crippen LogP) is 0.512. The Morgan fingerprint density at radius 2 is 2.13 bits per heavy atom. The lowest BCUT2D eigenvalue weighted by Crippen LogP contribution is -2.29. The summed E-state index contributed by atoms with van der Waals surface area (Å²) in [5.41, 5.74) is 0. The molecule has 0 aliphatic rings. The van der Waals surface area contributed by atoms with Crippen molar-refractivity contribution in [2.75, 3.05) is 6.54 Å². The first-order chi connectivity index (χ1) is 6.84. The maximum Gasteiger partial charge on any atom is 0.260 e. The lowest BCUT2D eigenvalue weighted by Gasteiger charge is -2.08. The highest BCUT2D eigenvalue weighted by Gasteiger charge is 2.23. The molecule has 0 amide bonds. The fraction of sp³-hybridized carbons (Fsp3) is 0.714. The van der Waals surface area contributed by atoms with E-state index in [1.165, 1.54) is 11.7 Å². The molecule has 0 aliphatic heterocycles. The van der Waals surface area contributed by atoms with Gasteiger partial charge in [0.1, 0.15) is 0 Å². The molecule has 86 valence electrons. The maximum absolute atomic E-state index is 11.8. The topological polar surface area (TPSA) is 76.9 Å². The molecule has 0 unspecified atom stereocenters. The van der Waals surface area contributed by atoms with Crippen molar-refractivity contribution in [2.45, 2.75) is 18.9 Å². The number of halogens is 1. The van der Waals surface area contributed by atoms with E-state index >= 15 is 0 Å². The molecule has 1 aromatic rings. The third-order valence-corrected chi connectivity index (χ3v) is 3.98. The summed E-state index contributed by atoms with van der Waals surface area (Å²) in [7, 11) is -2.00. The Morgan fingerprint density at radius 3 is 2.53 bits per heavy atom. The SMILES string of the molecule is CC(C)CNS(=O)(=O)c1c(Br)nnn1C. The quantitative estimate of drug-likeness (QED) is 0.878. The van der Waals surface area contributed by atoms with Gasteiger partial charge in [0.15, 0.2) is 4.60 Å². The third-order valence-electron chi connectivity index (χ3n) is 1.67. The first-order valence-corrected chi connectivity index (χ1v) is 6.67. The van der Waals surface area contributed by atoms with Crippen molar-refractivity contribution < 1.29 is 8.42 Å². The molecule has 1 N–H and O–H groups in total. The maximum atomic E-state index is 11.8.